The monoisotopic (exact) mass is 374 g/mol. The third-order valence-electron chi connectivity index (χ3n) is 5.84. The Morgan fingerprint density at radius 2 is 2.04 bits per heavy atom. The van der Waals surface area contributed by atoms with Crippen molar-refractivity contribution in [2.24, 2.45) is 5.14 Å². The topological polar surface area (TPSA) is 104 Å². The van der Waals surface area contributed by atoms with Crippen LogP contribution in [0.2, 0.25) is 0 Å². The van der Waals surface area contributed by atoms with Crippen molar-refractivity contribution >= 4 is 15.7 Å². The van der Waals surface area contributed by atoms with Crippen LogP contribution in [0, 0.1) is 0 Å². The van der Waals surface area contributed by atoms with Gasteiger partial charge >= 0.3 is 0 Å². The van der Waals surface area contributed by atoms with Crippen molar-refractivity contribution in [3.8, 4) is 0 Å². The molecule has 4 N–H and O–H groups in total. The lowest BCUT2D eigenvalue weighted by Crippen LogP contribution is -2.13. The average molecular weight is 375 g/mol. The lowest BCUT2D eigenvalue weighted by Gasteiger charge is -2.17. The molecule has 7 heteroatoms. The van der Waals surface area contributed by atoms with Crippen LogP contribution in [-0.4, -0.2) is 18.2 Å². The summed E-state index contributed by atoms with van der Waals surface area (Å²) < 4.78 is 24.2. The Morgan fingerprint density at radius 1 is 1.19 bits per heavy atom. The molecular formula is C19H26N4O2S. The van der Waals surface area contributed by atoms with E-state index < -0.39 is 10.0 Å². The maximum absolute atomic E-state index is 11.3. The van der Waals surface area contributed by atoms with Crippen LogP contribution < -0.4 is 10.9 Å². The van der Waals surface area contributed by atoms with E-state index in [-0.39, 0.29) is 5.03 Å². The fourth-order valence-corrected chi connectivity index (χ4v) is 5.06. The lowest BCUT2D eigenvalue weighted by molar-refractivity contribution is 0.502. The summed E-state index contributed by atoms with van der Waals surface area (Å²) in [6, 6.07) is 3.86. The number of aryl methyl sites for hydroxylation is 3. The van der Waals surface area contributed by atoms with Gasteiger partial charge in [-0.3, -0.25) is 4.68 Å². The summed E-state index contributed by atoms with van der Waals surface area (Å²) in [5, 5.41) is 9.05. The fraction of sp³-hybridized carbons (Fsp3) is 0.526. The molecule has 0 fully saturated rings. The molecule has 2 aliphatic carbocycles. The van der Waals surface area contributed by atoms with Gasteiger partial charge in [0.1, 0.15) is 0 Å². The summed E-state index contributed by atoms with van der Waals surface area (Å²) in [6.45, 7) is 0.703. The highest BCUT2D eigenvalue weighted by atomic mass is 32.2. The van der Waals surface area contributed by atoms with Gasteiger partial charge in [0.15, 0.2) is 5.03 Å². The Bertz CT molecular complexity index is 933. The molecule has 140 valence electrons. The second kappa shape index (κ2) is 6.70. The van der Waals surface area contributed by atoms with Crippen LogP contribution in [0.3, 0.4) is 0 Å². The van der Waals surface area contributed by atoms with Crippen LogP contribution in [0.4, 0.5) is 5.69 Å². The second-order valence-corrected chi connectivity index (χ2v) is 9.06. The van der Waals surface area contributed by atoms with Crippen molar-refractivity contribution in [1.29, 1.82) is 0 Å². The Hall–Kier alpha value is -1.86. The fourth-order valence-electron chi connectivity index (χ4n) is 4.59. The highest BCUT2D eigenvalue weighted by molar-refractivity contribution is 7.89. The molecule has 0 radical (unpaired) electrons. The van der Waals surface area contributed by atoms with Crippen molar-refractivity contribution in [1.82, 2.24) is 9.78 Å². The molecule has 0 aliphatic heterocycles. The first-order valence-electron chi connectivity index (χ1n) is 9.43. The molecule has 26 heavy (non-hydrogen) atoms. The highest BCUT2D eigenvalue weighted by Crippen LogP contribution is 2.44. The average Bonchev–Trinajstić information content (AvgIpc) is 3.30. The predicted octanol–water partition coefficient (Wildman–Crippen LogP) is 2.50. The zero-order chi connectivity index (χ0) is 18.3. The normalized spacial score (nSPS) is 18.9. The van der Waals surface area contributed by atoms with Gasteiger partial charge in [-0.05, 0) is 79.2 Å². The zero-order valence-electron chi connectivity index (χ0n) is 14.9. The molecule has 1 atom stereocenters. The summed E-state index contributed by atoms with van der Waals surface area (Å²) in [4.78, 5) is 0. The number of aromatic nitrogens is 2. The maximum Gasteiger partial charge on any atom is 0.257 e. The van der Waals surface area contributed by atoms with Gasteiger partial charge in [-0.25, -0.2) is 13.6 Å². The smallest absolute Gasteiger partial charge is 0.257 e. The number of primary sulfonamides is 1. The number of unbranched alkanes of at least 4 members (excludes halogenated alkanes) is 1. The minimum absolute atomic E-state index is 0.0659. The molecule has 2 aliphatic rings. The number of nitrogens with zero attached hydrogens (tertiary/aromatic N) is 2. The standard InChI is InChI=1S/C19H26N4O2S/c20-19-16-6-3-5-14(16)12-15-8-7-13(18(15)19)4-1-2-10-23-11-9-17(22-23)26(21,24)25/h9,11-13H,1-8,10,20H2,(H2,21,24,25). The molecule has 1 heterocycles. The van der Waals surface area contributed by atoms with E-state index in [9.17, 15) is 8.42 Å². The number of fused-ring (bicyclic) bond motifs is 2. The molecule has 2 aromatic rings. The van der Waals surface area contributed by atoms with E-state index in [2.05, 4.69) is 11.2 Å². The molecule has 6 nitrogen and oxygen atoms in total. The summed E-state index contributed by atoms with van der Waals surface area (Å²) in [7, 11) is -3.71. The largest absolute Gasteiger partial charge is 0.398 e. The summed E-state index contributed by atoms with van der Waals surface area (Å²) in [5.74, 6) is 0.563. The van der Waals surface area contributed by atoms with E-state index in [0.29, 0.717) is 12.5 Å². The van der Waals surface area contributed by atoms with Gasteiger partial charge < -0.3 is 5.73 Å². The maximum atomic E-state index is 11.3. The first-order valence-corrected chi connectivity index (χ1v) is 11.0. The summed E-state index contributed by atoms with van der Waals surface area (Å²) in [5.41, 5.74) is 13.4. The van der Waals surface area contributed by atoms with Gasteiger partial charge in [0.2, 0.25) is 0 Å². The Morgan fingerprint density at radius 3 is 2.81 bits per heavy atom. The lowest BCUT2D eigenvalue weighted by atomic mass is 9.91. The van der Waals surface area contributed by atoms with E-state index in [1.54, 1.807) is 10.9 Å². The molecule has 0 amide bonds. The molecule has 4 rings (SSSR count). The molecular weight excluding hydrogens is 348 g/mol. The number of nitrogen functional groups attached to an aromatic ring is 1. The van der Waals surface area contributed by atoms with Crippen LogP contribution >= 0.6 is 0 Å². The molecule has 1 unspecified atom stereocenters. The summed E-state index contributed by atoms with van der Waals surface area (Å²) >= 11 is 0. The van der Waals surface area contributed by atoms with Gasteiger partial charge in [-0.1, -0.05) is 12.5 Å². The van der Waals surface area contributed by atoms with Crippen LogP contribution in [0.25, 0.3) is 0 Å². The number of hydrogen-bond acceptors (Lipinski definition) is 4. The third-order valence-corrected chi connectivity index (χ3v) is 6.64. The number of sulfonamides is 1. The van der Waals surface area contributed by atoms with Crippen LogP contribution in [-0.2, 0) is 35.8 Å². The highest BCUT2D eigenvalue weighted by Gasteiger charge is 2.28. The van der Waals surface area contributed by atoms with E-state index in [0.717, 1.165) is 37.8 Å². The molecule has 0 spiro atoms. The van der Waals surface area contributed by atoms with Crippen LogP contribution in [0.1, 0.15) is 60.3 Å². The molecule has 0 saturated carbocycles. The molecule has 1 aromatic carbocycles. The Balaban J connectivity index is 1.35. The van der Waals surface area contributed by atoms with Gasteiger partial charge in [-0.15, -0.1) is 0 Å². The molecule has 1 aromatic heterocycles. The number of benzene rings is 1. The Labute approximate surface area is 154 Å². The number of hydrogen-bond donors (Lipinski definition) is 2. The van der Waals surface area contributed by atoms with Crippen molar-refractivity contribution in [3.05, 3.63) is 40.6 Å². The van der Waals surface area contributed by atoms with Gasteiger partial charge in [0, 0.05) is 18.4 Å². The summed E-state index contributed by atoms with van der Waals surface area (Å²) in [6.07, 6.45) is 10.7. The zero-order valence-corrected chi connectivity index (χ0v) is 15.8. The first kappa shape index (κ1) is 17.5. The van der Waals surface area contributed by atoms with E-state index in [1.807, 2.05) is 0 Å². The van der Waals surface area contributed by atoms with Gasteiger partial charge in [0.25, 0.3) is 10.0 Å². The van der Waals surface area contributed by atoms with Gasteiger partial charge in [-0.2, -0.15) is 5.10 Å². The number of nitrogens with two attached hydrogens (primary N) is 2. The second-order valence-electron chi connectivity index (χ2n) is 7.55. The van der Waals surface area contributed by atoms with Crippen molar-refractivity contribution in [3.63, 3.8) is 0 Å². The van der Waals surface area contributed by atoms with E-state index >= 15 is 0 Å². The van der Waals surface area contributed by atoms with Crippen molar-refractivity contribution < 1.29 is 8.42 Å². The molecule has 0 saturated heterocycles. The third kappa shape index (κ3) is 3.25. The number of anilines is 1. The Kier molecular flexibility index (Phi) is 4.52. The quantitative estimate of drug-likeness (QED) is 0.599. The number of rotatable bonds is 6. The predicted molar refractivity (Wildman–Crippen MR) is 101 cm³/mol. The van der Waals surface area contributed by atoms with E-state index in [1.165, 1.54) is 47.6 Å². The van der Waals surface area contributed by atoms with Crippen molar-refractivity contribution in [2.75, 3.05) is 5.73 Å². The van der Waals surface area contributed by atoms with E-state index in [4.69, 9.17) is 10.9 Å². The SMILES string of the molecule is Nc1c2c(cc3c1C(CCCCn1ccc(S(N)(=O)=O)n1)CC3)CCC2. The molecule has 0 bridgehead atoms. The van der Waals surface area contributed by atoms with Crippen molar-refractivity contribution in [2.45, 2.75) is 68.9 Å². The van der Waals surface area contributed by atoms with Gasteiger partial charge in [0.05, 0.1) is 0 Å². The first-order chi connectivity index (χ1) is 12.4. The van der Waals surface area contributed by atoms with Crippen LogP contribution in [0.5, 0.6) is 0 Å². The van der Waals surface area contributed by atoms with Crippen LogP contribution in [0.15, 0.2) is 23.4 Å². The minimum atomic E-state index is -3.71. The minimum Gasteiger partial charge on any atom is -0.398 e.